The molecule has 13 heavy (non-hydrogen) atoms. The van der Waals surface area contributed by atoms with Gasteiger partial charge in [0.1, 0.15) is 11.5 Å². The lowest BCUT2D eigenvalue weighted by Gasteiger charge is -2.03. The molecule has 1 aromatic carbocycles. The number of para-hydroxylation sites is 1. The fraction of sp³-hybridized carbons (Fsp3) is 0.111. The standard InChI is InChI=1S/C9H10N2O2/c1-11-9(13)8(10)6-4-2-3-5-7(6)12/h2-5,10,12H,1H3,(H,11,13). The second kappa shape index (κ2) is 3.71. The van der Waals surface area contributed by atoms with Crippen LogP contribution < -0.4 is 5.32 Å². The molecule has 1 amide bonds. The maximum atomic E-state index is 11.0. The first-order valence-electron chi connectivity index (χ1n) is 3.76. The van der Waals surface area contributed by atoms with E-state index in [1.54, 1.807) is 12.1 Å². The van der Waals surface area contributed by atoms with Crippen LogP contribution in [0.3, 0.4) is 0 Å². The van der Waals surface area contributed by atoms with Gasteiger partial charge in [0.2, 0.25) is 0 Å². The molecular weight excluding hydrogens is 168 g/mol. The Morgan fingerprint density at radius 2 is 2.08 bits per heavy atom. The predicted octanol–water partition coefficient (Wildman–Crippen LogP) is 0.506. The highest BCUT2D eigenvalue weighted by Crippen LogP contribution is 2.15. The van der Waals surface area contributed by atoms with Crippen molar-refractivity contribution in [3.63, 3.8) is 0 Å². The van der Waals surface area contributed by atoms with Gasteiger partial charge in [-0.1, -0.05) is 12.1 Å². The molecule has 0 aliphatic carbocycles. The van der Waals surface area contributed by atoms with Crippen LogP contribution in [0.25, 0.3) is 0 Å². The van der Waals surface area contributed by atoms with Crippen molar-refractivity contribution in [1.29, 1.82) is 5.41 Å². The van der Waals surface area contributed by atoms with Gasteiger partial charge >= 0.3 is 0 Å². The largest absolute Gasteiger partial charge is 0.507 e. The fourth-order valence-electron chi connectivity index (χ4n) is 0.932. The maximum absolute atomic E-state index is 11.0. The lowest BCUT2D eigenvalue weighted by atomic mass is 10.1. The van der Waals surface area contributed by atoms with Crippen LogP contribution in [0.1, 0.15) is 5.56 Å². The summed E-state index contributed by atoms with van der Waals surface area (Å²) in [5.41, 5.74) is 0.00227. The third-order valence-electron chi connectivity index (χ3n) is 1.63. The molecule has 0 saturated carbocycles. The van der Waals surface area contributed by atoms with Gasteiger partial charge in [0, 0.05) is 12.6 Å². The Morgan fingerprint density at radius 1 is 1.46 bits per heavy atom. The molecule has 0 aromatic heterocycles. The molecule has 3 N–H and O–H groups in total. The van der Waals surface area contributed by atoms with Crippen LogP contribution in [0, 0.1) is 5.41 Å². The minimum atomic E-state index is -0.512. The molecule has 0 fully saturated rings. The van der Waals surface area contributed by atoms with E-state index in [0.29, 0.717) is 0 Å². The van der Waals surface area contributed by atoms with Crippen LogP contribution in [-0.2, 0) is 4.79 Å². The molecule has 0 atom stereocenters. The lowest BCUT2D eigenvalue weighted by molar-refractivity contribution is -0.114. The van der Waals surface area contributed by atoms with Crippen molar-refractivity contribution >= 4 is 11.6 Å². The summed E-state index contributed by atoms with van der Waals surface area (Å²) in [6.45, 7) is 0. The third-order valence-corrected chi connectivity index (χ3v) is 1.63. The SMILES string of the molecule is CNC(=O)C(=N)c1ccccc1O. The molecule has 1 aromatic rings. The van der Waals surface area contributed by atoms with Gasteiger partial charge in [0.15, 0.2) is 0 Å². The number of nitrogens with one attached hydrogen (secondary N) is 2. The number of rotatable bonds is 2. The molecular formula is C9H10N2O2. The summed E-state index contributed by atoms with van der Waals surface area (Å²) in [4.78, 5) is 11.0. The highest BCUT2D eigenvalue weighted by molar-refractivity contribution is 6.44. The number of carbonyl (C=O) groups is 1. The van der Waals surface area contributed by atoms with Crippen molar-refractivity contribution in [3.05, 3.63) is 29.8 Å². The van der Waals surface area contributed by atoms with Gasteiger partial charge in [0.25, 0.3) is 5.91 Å². The molecule has 4 heteroatoms. The van der Waals surface area contributed by atoms with Gasteiger partial charge in [-0.3, -0.25) is 10.2 Å². The molecule has 4 nitrogen and oxygen atoms in total. The second-order valence-corrected chi connectivity index (χ2v) is 2.47. The Morgan fingerprint density at radius 3 is 2.62 bits per heavy atom. The normalized spacial score (nSPS) is 9.31. The van der Waals surface area contributed by atoms with Crippen LogP contribution in [0.15, 0.2) is 24.3 Å². The van der Waals surface area contributed by atoms with Crippen LogP contribution in [0.2, 0.25) is 0 Å². The highest BCUT2D eigenvalue weighted by atomic mass is 16.3. The zero-order valence-corrected chi connectivity index (χ0v) is 7.16. The zero-order valence-electron chi connectivity index (χ0n) is 7.16. The first kappa shape index (κ1) is 9.25. The predicted molar refractivity (Wildman–Crippen MR) is 49.0 cm³/mol. The van der Waals surface area contributed by atoms with Gasteiger partial charge in [-0.15, -0.1) is 0 Å². The van der Waals surface area contributed by atoms with Crippen LogP contribution >= 0.6 is 0 Å². The number of hydrogen-bond acceptors (Lipinski definition) is 3. The van der Waals surface area contributed by atoms with E-state index in [-0.39, 0.29) is 17.0 Å². The highest BCUT2D eigenvalue weighted by Gasteiger charge is 2.12. The van der Waals surface area contributed by atoms with E-state index in [1.165, 1.54) is 19.2 Å². The minimum absolute atomic E-state index is 0.0592. The number of hydrogen-bond donors (Lipinski definition) is 3. The lowest BCUT2D eigenvalue weighted by Crippen LogP contribution is -2.27. The van der Waals surface area contributed by atoms with E-state index in [9.17, 15) is 9.90 Å². The van der Waals surface area contributed by atoms with Crippen molar-refractivity contribution in [3.8, 4) is 5.75 Å². The summed E-state index contributed by atoms with van der Waals surface area (Å²) in [6.07, 6.45) is 0. The molecule has 0 aliphatic rings. The van der Waals surface area contributed by atoms with E-state index >= 15 is 0 Å². The molecule has 0 heterocycles. The van der Waals surface area contributed by atoms with Crippen LogP contribution in [0.5, 0.6) is 5.75 Å². The molecule has 0 spiro atoms. The van der Waals surface area contributed by atoms with Crippen molar-refractivity contribution in [2.75, 3.05) is 7.05 Å². The van der Waals surface area contributed by atoms with Crippen molar-refractivity contribution in [2.45, 2.75) is 0 Å². The van der Waals surface area contributed by atoms with Crippen molar-refractivity contribution < 1.29 is 9.90 Å². The topological polar surface area (TPSA) is 73.2 Å². The van der Waals surface area contributed by atoms with Crippen molar-refractivity contribution in [1.82, 2.24) is 5.32 Å². The summed E-state index contributed by atoms with van der Waals surface area (Å²) in [6, 6.07) is 6.25. The van der Waals surface area contributed by atoms with E-state index in [4.69, 9.17) is 5.41 Å². The molecule has 0 aliphatic heterocycles. The van der Waals surface area contributed by atoms with Gasteiger partial charge in [-0.25, -0.2) is 0 Å². The first-order chi connectivity index (χ1) is 6.16. The van der Waals surface area contributed by atoms with Gasteiger partial charge < -0.3 is 10.4 Å². The maximum Gasteiger partial charge on any atom is 0.269 e. The Labute approximate surface area is 75.7 Å². The molecule has 0 bridgehead atoms. The summed E-state index contributed by atoms with van der Waals surface area (Å²) < 4.78 is 0. The van der Waals surface area contributed by atoms with Gasteiger partial charge in [-0.2, -0.15) is 0 Å². The Balaban J connectivity index is 3.02. The number of benzene rings is 1. The summed E-state index contributed by atoms with van der Waals surface area (Å²) >= 11 is 0. The van der Waals surface area contributed by atoms with Gasteiger partial charge in [0.05, 0.1) is 0 Å². The number of carbonyl (C=O) groups excluding carboxylic acids is 1. The third kappa shape index (κ3) is 1.84. The number of aromatic hydroxyl groups is 1. The monoisotopic (exact) mass is 178 g/mol. The Bertz CT molecular complexity index is 347. The van der Waals surface area contributed by atoms with Crippen LogP contribution in [-0.4, -0.2) is 23.8 Å². The minimum Gasteiger partial charge on any atom is -0.507 e. The average molecular weight is 178 g/mol. The molecule has 1 rings (SSSR count). The average Bonchev–Trinajstić information content (AvgIpc) is 2.16. The van der Waals surface area contributed by atoms with Crippen LogP contribution in [0.4, 0.5) is 0 Å². The number of amides is 1. The molecule has 0 saturated heterocycles. The van der Waals surface area contributed by atoms with E-state index < -0.39 is 5.91 Å². The number of phenols is 1. The number of phenolic OH excluding ortho intramolecular Hbond substituents is 1. The Hall–Kier alpha value is -1.84. The summed E-state index contributed by atoms with van der Waals surface area (Å²) in [7, 11) is 1.44. The summed E-state index contributed by atoms with van der Waals surface area (Å²) in [5.74, 6) is -0.572. The molecule has 0 unspecified atom stereocenters. The molecule has 0 radical (unpaired) electrons. The van der Waals surface area contributed by atoms with Gasteiger partial charge in [-0.05, 0) is 12.1 Å². The first-order valence-corrected chi connectivity index (χ1v) is 3.76. The quantitative estimate of drug-likeness (QED) is 0.577. The second-order valence-electron chi connectivity index (χ2n) is 2.47. The Kier molecular flexibility index (Phi) is 2.64. The van der Waals surface area contributed by atoms with E-state index in [2.05, 4.69) is 5.32 Å². The molecule has 68 valence electrons. The number of likely N-dealkylation sites (N-methyl/N-ethyl adjacent to an activating group) is 1. The van der Waals surface area contributed by atoms with E-state index in [1.807, 2.05) is 0 Å². The smallest absolute Gasteiger partial charge is 0.269 e. The zero-order chi connectivity index (χ0) is 9.84. The fourth-order valence-corrected chi connectivity index (χ4v) is 0.932. The van der Waals surface area contributed by atoms with Crippen molar-refractivity contribution in [2.24, 2.45) is 0 Å². The summed E-state index contributed by atoms with van der Waals surface area (Å²) in [5, 5.41) is 19.0. The van der Waals surface area contributed by atoms with E-state index in [0.717, 1.165) is 0 Å².